The largest absolute Gasteiger partial charge is 0.384 e. The van der Waals surface area contributed by atoms with Gasteiger partial charge in [-0.3, -0.25) is 10.1 Å². The Morgan fingerprint density at radius 3 is 2.58 bits per heavy atom. The number of non-ortho nitro benzene ring substituents is 1. The molecular formula is C12H14N4O3. The maximum atomic E-state index is 10.7. The highest BCUT2D eigenvalue weighted by Gasteiger charge is 2.21. The van der Waals surface area contributed by atoms with Crippen LogP contribution in [0.4, 0.5) is 5.69 Å². The van der Waals surface area contributed by atoms with Crippen molar-refractivity contribution in [3.63, 3.8) is 0 Å². The average molecular weight is 262 g/mol. The van der Waals surface area contributed by atoms with E-state index in [0.717, 1.165) is 0 Å². The summed E-state index contributed by atoms with van der Waals surface area (Å²) in [7, 11) is 0. The molecule has 0 unspecified atom stereocenters. The van der Waals surface area contributed by atoms with Crippen molar-refractivity contribution in [3.8, 4) is 5.69 Å². The lowest BCUT2D eigenvalue weighted by Crippen LogP contribution is -2.15. The van der Waals surface area contributed by atoms with Crippen molar-refractivity contribution >= 4 is 5.69 Å². The summed E-state index contributed by atoms with van der Waals surface area (Å²) in [6, 6.07) is 4.49. The van der Waals surface area contributed by atoms with Gasteiger partial charge in [0.15, 0.2) is 0 Å². The van der Waals surface area contributed by atoms with E-state index in [2.05, 4.69) is 10.3 Å². The molecule has 1 heterocycles. The van der Waals surface area contributed by atoms with Gasteiger partial charge in [0.25, 0.3) is 5.69 Å². The second-order valence-corrected chi connectivity index (χ2v) is 4.84. The highest BCUT2D eigenvalue weighted by molar-refractivity contribution is 5.47. The van der Waals surface area contributed by atoms with Crippen LogP contribution in [0.1, 0.15) is 25.1 Å². The molecule has 2 rings (SSSR count). The topological polar surface area (TPSA) is 94.1 Å². The standard InChI is InChI=1S/C12H14N4O3/c1-8-6-9(16(18)19)4-5-10(8)15-7-11(13-14-15)12(2,3)17/h4-7,17H,1-3H3. The van der Waals surface area contributed by atoms with Gasteiger partial charge in [0.1, 0.15) is 11.3 Å². The van der Waals surface area contributed by atoms with Crippen LogP contribution in [-0.4, -0.2) is 25.0 Å². The fourth-order valence-corrected chi connectivity index (χ4v) is 1.67. The SMILES string of the molecule is Cc1cc([N+](=O)[O-])ccc1-n1cc(C(C)(C)O)nn1. The molecule has 1 N–H and O–H groups in total. The predicted molar refractivity (Wildman–Crippen MR) is 68.0 cm³/mol. The van der Waals surface area contributed by atoms with Crippen molar-refractivity contribution in [1.82, 2.24) is 15.0 Å². The molecule has 7 heteroatoms. The van der Waals surface area contributed by atoms with Crippen LogP contribution in [0.25, 0.3) is 5.69 Å². The van der Waals surface area contributed by atoms with E-state index >= 15 is 0 Å². The maximum absolute atomic E-state index is 10.7. The van der Waals surface area contributed by atoms with E-state index in [1.54, 1.807) is 33.0 Å². The number of aryl methyl sites for hydroxylation is 1. The van der Waals surface area contributed by atoms with Crippen molar-refractivity contribution in [1.29, 1.82) is 0 Å². The van der Waals surface area contributed by atoms with Gasteiger partial charge in [0.2, 0.25) is 0 Å². The molecule has 1 aromatic heterocycles. The number of aromatic nitrogens is 3. The van der Waals surface area contributed by atoms with Crippen LogP contribution in [0.5, 0.6) is 0 Å². The molecule has 2 aromatic rings. The number of rotatable bonds is 3. The number of hydrogen-bond donors (Lipinski definition) is 1. The van der Waals surface area contributed by atoms with E-state index in [1.165, 1.54) is 16.8 Å². The summed E-state index contributed by atoms with van der Waals surface area (Å²) in [5, 5.41) is 28.3. The molecule has 0 radical (unpaired) electrons. The summed E-state index contributed by atoms with van der Waals surface area (Å²) in [6.45, 7) is 4.99. The molecule has 0 aliphatic heterocycles. The number of nitro groups is 1. The first-order valence-corrected chi connectivity index (χ1v) is 5.69. The summed E-state index contributed by atoms with van der Waals surface area (Å²) in [4.78, 5) is 10.2. The van der Waals surface area contributed by atoms with E-state index in [-0.39, 0.29) is 5.69 Å². The Labute approximate surface area is 109 Å². The van der Waals surface area contributed by atoms with E-state index < -0.39 is 10.5 Å². The van der Waals surface area contributed by atoms with Gasteiger partial charge in [-0.05, 0) is 32.4 Å². The highest BCUT2D eigenvalue weighted by Crippen LogP contribution is 2.22. The summed E-state index contributed by atoms with van der Waals surface area (Å²) >= 11 is 0. The molecule has 19 heavy (non-hydrogen) atoms. The molecule has 0 spiro atoms. The Balaban J connectivity index is 2.43. The van der Waals surface area contributed by atoms with E-state index in [1.807, 2.05) is 0 Å². The average Bonchev–Trinajstić information content (AvgIpc) is 2.77. The third kappa shape index (κ3) is 2.60. The second-order valence-electron chi connectivity index (χ2n) is 4.84. The van der Waals surface area contributed by atoms with E-state index in [4.69, 9.17) is 0 Å². The number of benzene rings is 1. The zero-order valence-electron chi connectivity index (χ0n) is 10.9. The molecule has 100 valence electrons. The minimum absolute atomic E-state index is 0.0316. The number of aliphatic hydroxyl groups is 1. The van der Waals surface area contributed by atoms with Crippen LogP contribution in [0.3, 0.4) is 0 Å². The Hall–Kier alpha value is -2.28. The van der Waals surface area contributed by atoms with Gasteiger partial charge in [-0.1, -0.05) is 5.21 Å². The molecule has 7 nitrogen and oxygen atoms in total. The Morgan fingerprint density at radius 2 is 2.11 bits per heavy atom. The molecule has 0 atom stereocenters. The van der Waals surface area contributed by atoms with Gasteiger partial charge < -0.3 is 5.11 Å². The lowest BCUT2D eigenvalue weighted by molar-refractivity contribution is -0.384. The molecule has 1 aromatic carbocycles. The van der Waals surface area contributed by atoms with Gasteiger partial charge in [-0.25, -0.2) is 4.68 Å². The zero-order valence-corrected chi connectivity index (χ0v) is 10.9. The lowest BCUT2D eigenvalue weighted by atomic mass is 10.1. The predicted octanol–water partition coefficient (Wildman–Crippen LogP) is 1.71. The molecule has 0 aliphatic rings. The van der Waals surface area contributed by atoms with Crippen molar-refractivity contribution in [3.05, 3.63) is 45.8 Å². The monoisotopic (exact) mass is 262 g/mol. The van der Waals surface area contributed by atoms with Crippen molar-refractivity contribution in [2.75, 3.05) is 0 Å². The minimum Gasteiger partial charge on any atom is -0.384 e. The third-order valence-electron chi connectivity index (χ3n) is 2.76. The van der Waals surface area contributed by atoms with Crippen molar-refractivity contribution < 1.29 is 10.0 Å². The Kier molecular flexibility index (Phi) is 3.07. The fourth-order valence-electron chi connectivity index (χ4n) is 1.67. The van der Waals surface area contributed by atoms with E-state index in [9.17, 15) is 15.2 Å². The first kappa shape index (κ1) is 13.2. The zero-order chi connectivity index (χ0) is 14.2. The number of hydrogen-bond acceptors (Lipinski definition) is 5. The highest BCUT2D eigenvalue weighted by atomic mass is 16.6. The Morgan fingerprint density at radius 1 is 1.42 bits per heavy atom. The molecule has 0 saturated heterocycles. The van der Waals surface area contributed by atoms with Crippen LogP contribution >= 0.6 is 0 Å². The molecule has 0 saturated carbocycles. The van der Waals surface area contributed by atoms with Gasteiger partial charge >= 0.3 is 0 Å². The van der Waals surface area contributed by atoms with Crippen molar-refractivity contribution in [2.24, 2.45) is 0 Å². The van der Waals surface area contributed by atoms with Gasteiger partial charge in [-0.15, -0.1) is 5.10 Å². The summed E-state index contributed by atoms with van der Waals surface area (Å²) in [6.07, 6.45) is 1.61. The van der Waals surface area contributed by atoms with Crippen LogP contribution in [-0.2, 0) is 5.60 Å². The molecule has 0 amide bonds. The second kappa shape index (κ2) is 4.43. The lowest BCUT2D eigenvalue weighted by Gasteiger charge is -2.12. The van der Waals surface area contributed by atoms with Crippen LogP contribution in [0.2, 0.25) is 0 Å². The summed E-state index contributed by atoms with van der Waals surface area (Å²) in [5.41, 5.74) is 0.789. The third-order valence-corrected chi connectivity index (χ3v) is 2.76. The Bertz CT molecular complexity index is 628. The quantitative estimate of drug-likeness (QED) is 0.671. The number of nitro benzene ring substituents is 1. The molecule has 0 aliphatic carbocycles. The van der Waals surface area contributed by atoms with Crippen LogP contribution < -0.4 is 0 Å². The maximum Gasteiger partial charge on any atom is 0.269 e. The summed E-state index contributed by atoms with van der Waals surface area (Å²) < 4.78 is 1.49. The van der Waals surface area contributed by atoms with Gasteiger partial charge in [-0.2, -0.15) is 0 Å². The normalized spacial score (nSPS) is 11.6. The molecule has 0 fully saturated rings. The first-order valence-electron chi connectivity index (χ1n) is 5.69. The molecule has 0 bridgehead atoms. The van der Waals surface area contributed by atoms with Crippen molar-refractivity contribution in [2.45, 2.75) is 26.4 Å². The van der Waals surface area contributed by atoms with Crippen LogP contribution in [0, 0.1) is 17.0 Å². The van der Waals surface area contributed by atoms with Gasteiger partial charge in [0, 0.05) is 12.1 Å². The van der Waals surface area contributed by atoms with Gasteiger partial charge in [0.05, 0.1) is 16.8 Å². The first-order chi connectivity index (χ1) is 8.79. The van der Waals surface area contributed by atoms with E-state index in [0.29, 0.717) is 16.9 Å². The smallest absolute Gasteiger partial charge is 0.269 e. The number of nitrogens with zero attached hydrogens (tertiary/aromatic N) is 4. The molecular weight excluding hydrogens is 248 g/mol. The fraction of sp³-hybridized carbons (Fsp3) is 0.333. The minimum atomic E-state index is -1.08. The van der Waals surface area contributed by atoms with Crippen LogP contribution in [0.15, 0.2) is 24.4 Å². The summed E-state index contributed by atoms with van der Waals surface area (Å²) in [5.74, 6) is 0.